The van der Waals surface area contributed by atoms with Crippen molar-refractivity contribution in [3.63, 3.8) is 0 Å². The van der Waals surface area contributed by atoms with Gasteiger partial charge < -0.3 is 15.4 Å². The molecule has 1 amide bonds. The topological polar surface area (TPSA) is 72.6 Å². The Kier molecular flexibility index (Phi) is 5.84. The van der Waals surface area contributed by atoms with Crippen LogP contribution in [0.25, 0.3) is 0 Å². The van der Waals surface area contributed by atoms with E-state index in [1.165, 1.54) is 19.1 Å². The maximum absolute atomic E-state index is 11.7. The molecule has 2 N–H and O–H groups in total. The first-order chi connectivity index (χ1) is 6.93. The number of esters is 1. The van der Waals surface area contributed by atoms with E-state index in [0.717, 1.165) is 0 Å². The van der Waals surface area contributed by atoms with Crippen LogP contribution in [0.2, 0.25) is 0 Å². The number of hydrogen-bond acceptors (Lipinski definition) is 4. The highest BCUT2D eigenvalue weighted by atomic mass is 32.1. The summed E-state index contributed by atoms with van der Waals surface area (Å²) in [7, 11) is 2.78. The monoisotopic (exact) mass is 232 g/mol. The van der Waals surface area contributed by atoms with Crippen molar-refractivity contribution in [3.05, 3.63) is 0 Å². The minimum atomic E-state index is -0.505. The predicted octanol–water partition coefficient (Wildman–Crippen LogP) is -0.0699. The molecule has 0 spiro atoms. The quantitative estimate of drug-likeness (QED) is 0.530. The van der Waals surface area contributed by atoms with Crippen molar-refractivity contribution in [2.45, 2.75) is 13.3 Å². The number of nitrogens with two attached hydrogens (primary N) is 1. The molecule has 6 heteroatoms. The van der Waals surface area contributed by atoms with E-state index in [4.69, 9.17) is 18.0 Å². The molecule has 0 aromatic carbocycles. The zero-order valence-corrected chi connectivity index (χ0v) is 9.97. The molecule has 0 rings (SSSR count). The van der Waals surface area contributed by atoms with Gasteiger partial charge in [-0.2, -0.15) is 0 Å². The molecule has 1 atom stereocenters. The Labute approximate surface area is 94.6 Å². The van der Waals surface area contributed by atoms with Crippen LogP contribution in [-0.4, -0.2) is 42.5 Å². The lowest BCUT2D eigenvalue weighted by Crippen LogP contribution is -2.41. The van der Waals surface area contributed by atoms with Crippen molar-refractivity contribution >= 4 is 29.1 Å². The normalized spacial score (nSPS) is 11.7. The Hall–Kier alpha value is -1.17. The van der Waals surface area contributed by atoms with Gasteiger partial charge in [-0.05, 0) is 6.42 Å². The molecular formula is C9H16N2O3S. The van der Waals surface area contributed by atoms with Gasteiger partial charge in [0.2, 0.25) is 5.91 Å². The summed E-state index contributed by atoms with van der Waals surface area (Å²) in [6, 6.07) is 0. The van der Waals surface area contributed by atoms with Gasteiger partial charge in [0.1, 0.15) is 6.54 Å². The Morgan fingerprint density at radius 2 is 2.07 bits per heavy atom. The smallest absolute Gasteiger partial charge is 0.325 e. The first-order valence-corrected chi connectivity index (χ1v) is 4.95. The third-order valence-corrected chi connectivity index (χ3v) is 2.30. The molecule has 86 valence electrons. The number of thiocarbonyl (C=S) groups is 1. The lowest BCUT2D eigenvalue weighted by molar-refractivity contribution is -0.146. The van der Waals surface area contributed by atoms with E-state index >= 15 is 0 Å². The molecule has 15 heavy (non-hydrogen) atoms. The third-order valence-electron chi connectivity index (χ3n) is 2.02. The number of methoxy groups -OCH3 is 1. The SMILES string of the molecule is CCC(C(=O)N(C)CC(=O)OC)C(N)=S. The van der Waals surface area contributed by atoms with E-state index < -0.39 is 11.9 Å². The number of carbonyl (C=O) groups excluding carboxylic acids is 2. The van der Waals surface area contributed by atoms with Gasteiger partial charge in [0, 0.05) is 7.05 Å². The van der Waals surface area contributed by atoms with E-state index in [2.05, 4.69) is 4.74 Å². The van der Waals surface area contributed by atoms with Gasteiger partial charge in [-0.1, -0.05) is 19.1 Å². The lowest BCUT2D eigenvalue weighted by Gasteiger charge is -2.21. The predicted molar refractivity (Wildman–Crippen MR) is 60.2 cm³/mol. The maximum atomic E-state index is 11.7. The number of hydrogen-bond donors (Lipinski definition) is 1. The van der Waals surface area contributed by atoms with Gasteiger partial charge in [-0.25, -0.2) is 0 Å². The zero-order valence-electron chi connectivity index (χ0n) is 9.15. The lowest BCUT2D eigenvalue weighted by atomic mass is 10.1. The molecule has 0 fully saturated rings. The van der Waals surface area contributed by atoms with Crippen molar-refractivity contribution in [2.24, 2.45) is 11.7 Å². The maximum Gasteiger partial charge on any atom is 0.325 e. The standard InChI is InChI=1S/C9H16N2O3S/c1-4-6(8(10)15)9(13)11(2)5-7(12)14-3/h6H,4-5H2,1-3H3,(H2,10,15). The zero-order chi connectivity index (χ0) is 12.0. The molecule has 0 bridgehead atoms. The molecule has 0 saturated heterocycles. The minimum Gasteiger partial charge on any atom is -0.468 e. The second-order valence-corrected chi connectivity index (χ2v) is 3.61. The van der Waals surface area contributed by atoms with Crippen molar-refractivity contribution < 1.29 is 14.3 Å². The minimum absolute atomic E-state index is 0.0888. The highest BCUT2D eigenvalue weighted by Crippen LogP contribution is 2.07. The molecule has 0 radical (unpaired) electrons. The number of ether oxygens (including phenoxy) is 1. The Morgan fingerprint density at radius 3 is 2.40 bits per heavy atom. The van der Waals surface area contributed by atoms with Crippen LogP contribution in [0, 0.1) is 5.92 Å². The molecule has 0 heterocycles. The highest BCUT2D eigenvalue weighted by molar-refractivity contribution is 7.80. The summed E-state index contributed by atoms with van der Waals surface area (Å²) in [6.07, 6.45) is 0.527. The first kappa shape index (κ1) is 13.8. The van der Waals surface area contributed by atoms with Crippen LogP contribution in [0.4, 0.5) is 0 Å². The van der Waals surface area contributed by atoms with Crippen molar-refractivity contribution in [1.82, 2.24) is 4.90 Å². The molecule has 5 nitrogen and oxygen atoms in total. The molecule has 0 aromatic rings. The van der Waals surface area contributed by atoms with Crippen LogP contribution in [-0.2, 0) is 14.3 Å². The third kappa shape index (κ3) is 4.24. The van der Waals surface area contributed by atoms with Crippen molar-refractivity contribution in [1.29, 1.82) is 0 Å². The van der Waals surface area contributed by atoms with Gasteiger partial charge in [0.15, 0.2) is 0 Å². The molecule has 0 aromatic heterocycles. The van der Waals surface area contributed by atoms with Gasteiger partial charge in [-0.15, -0.1) is 0 Å². The van der Waals surface area contributed by atoms with Crippen LogP contribution < -0.4 is 5.73 Å². The van der Waals surface area contributed by atoms with E-state index in [1.54, 1.807) is 0 Å². The number of carbonyl (C=O) groups is 2. The Balaban J connectivity index is 4.41. The van der Waals surface area contributed by atoms with E-state index in [1.807, 2.05) is 6.92 Å². The molecule has 0 aliphatic carbocycles. The second-order valence-electron chi connectivity index (χ2n) is 3.13. The van der Waals surface area contributed by atoms with Crippen molar-refractivity contribution in [3.8, 4) is 0 Å². The van der Waals surface area contributed by atoms with Gasteiger partial charge in [-0.3, -0.25) is 9.59 Å². The summed E-state index contributed by atoms with van der Waals surface area (Å²) in [4.78, 5) is 24.1. The number of amides is 1. The van der Waals surface area contributed by atoms with E-state index in [9.17, 15) is 9.59 Å². The van der Waals surface area contributed by atoms with Gasteiger partial charge in [0.05, 0.1) is 18.0 Å². The summed E-state index contributed by atoms with van der Waals surface area (Å²) in [5, 5.41) is 0. The summed E-state index contributed by atoms with van der Waals surface area (Å²) >= 11 is 4.77. The fraction of sp³-hybridized carbons (Fsp3) is 0.667. The summed E-state index contributed by atoms with van der Waals surface area (Å²) < 4.78 is 4.45. The van der Waals surface area contributed by atoms with Crippen molar-refractivity contribution in [2.75, 3.05) is 20.7 Å². The number of likely N-dealkylation sites (N-methyl/N-ethyl adjacent to an activating group) is 1. The fourth-order valence-corrected chi connectivity index (χ4v) is 1.37. The fourth-order valence-electron chi connectivity index (χ4n) is 1.10. The van der Waals surface area contributed by atoms with Crippen LogP contribution in [0.15, 0.2) is 0 Å². The average Bonchev–Trinajstić information content (AvgIpc) is 2.17. The molecule has 0 saturated carbocycles. The average molecular weight is 232 g/mol. The molecule has 0 aliphatic heterocycles. The Bertz CT molecular complexity index is 268. The highest BCUT2D eigenvalue weighted by Gasteiger charge is 2.24. The van der Waals surface area contributed by atoms with Gasteiger partial charge >= 0.3 is 5.97 Å². The van der Waals surface area contributed by atoms with Gasteiger partial charge in [0.25, 0.3) is 0 Å². The Morgan fingerprint density at radius 1 is 1.53 bits per heavy atom. The summed E-state index contributed by atoms with van der Waals surface area (Å²) in [5.74, 6) is -1.23. The second kappa shape index (κ2) is 6.34. The molecule has 0 aliphatic rings. The van der Waals surface area contributed by atoms with Crippen LogP contribution in [0.5, 0.6) is 0 Å². The molecule has 1 unspecified atom stereocenters. The van der Waals surface area contributed by atoms with Crippen LogP contribution in [0.3, 0.4) is 0 Å². The number of rotatable bonds is 5. The van der Waals surface area contributed by atoms with E-state index in [0.29, 0.717) is 6.42 Å². The number of nitrogens with zero attached hydrogens (tertiary/aromatic N) is 1. The summed E-state index contributed by atoms with van der Waals surface area (Å²) in [5.41, 5.74) is 5.42. The first-order valence-electron chi connectivity index (χ1n) is 4.55. The van der Waals surface area contributed by atoms with E-state index in [-0.39, 0.29) is 17.4 Å². The molecular weight excluding hydrogens is 216 g/mol. The largest absolute Gasteiger partial charge is 0.468 e. The van der Waals surface area contributed by atoms with Crippen LogP contribution in [0.1, 0.15) is 13.3 Å². The van der Waals surface area contributed by atoms with Crippen LogP contribution >= 0.6 is 12.2 Å². The summed E-state index contributed by atoms with van der Waals surface area (Å²) in [6.45, 7) is 1.72.